The normalized spacial score (nSPS) is 15.8. The minimum absolute atomic E-state index is 0.808. The summed E-state index contributed by atoms with van der Waals surface area (Å²) < 4.78 is 2.02. The second kappa shape index (κ2) is 2.98. The number of carbonyl (C=O) groups excluding carboxylic acids is 1. The van der Waals surface area contributed by atoms with Gasteiger partial charge in [0.05, 0.1) is 5.69 Å². The highest BCUT2D eigenvalue weighted by Crippen LogP contribution is 2.26. The summed E-state index contributed by atoms with van der Waals surface area (Å²) in [5, 5.41) is 0. The number of aromatic nitrogens is 1. The van der Waals surface area contributed by atoms with Crippen LogP contribution in [-0.2, 0) is 19.2 Å². The molecule has 0 unspecified atom stereocenters. The molecule has 1 aliphatic heterocycles. The number of nitrogens with zero attached hydrogens (tertiary/aromatic N) is 1. The van der Waals surface area contributed by atoms with Crippen molar-refractivity contribution in [1.82, 2.24) is 4.57 Å². The number of hydrogen-bond acceptors (Lipinski definition) is 2. The van der Waals surface area contributed by atoms with Crippen molar-refractivity contribution in [2.75, 3.05) is 5.75 Å². The van der Waals surface area contributed by atoms with Crippen molar-refractivity contribution in [1.29, 1.82) is 0 Å². The van der Waals surface area contributed by atoms with E-state index in [0.717, 1.165) is 24.2 Å². The van der Waals surface area contributed by atoms with Gasteiger partial charge in [-0.15, -0.1) is 0 Å². The highest BCUT2D eigenvalue weighted by Gasteiger charge is 2.15. The van der Waals surface area contributed by atoms with E-state index in [-0.39, 0.29) is 0 Å². The molecule has 0 atom stereocenters. The first kappa shape index (κ1) is 7.92. The molecule has 12 heavy (non-hydrogen) atoms. The van der Waals surface area contributed by atoms with Crippen LogP contribution in [-0.4, -0.2) is 16.6 Å². The van der Waals surface area contributed by atoms with Crippen LogP contribution in [0.3, 0.4) is 0 Å². The minimum atomic E-state index is 0.808. The molecule has 1 aliphatic rings. The Morgan fingerprint density at radius 2 is 2.50 bits per heavy atom. The van der Waals surface area contributed by atoms with E-state index in [1.807, 2.05) is 29.4 Å². The Hall–Kier alpha value is -0.700. The van der Waals surface area contributed by atoms with E-state index < -0.39 is 0 Å². The first-order valence-electron chi connectivity index (χ1n) is 4.03. The van der Waals surface area contributed by atoms with Crippen LogP contribution in [0.2, 0.25) is 0 Å². The summed E-state index contributed by atoms with van der Waals surface area (Å²) in [4.78, 5) is 10.6. The number of rotatable bonds is 1. The van der Waals surface area contributed by atoms with Gasteiger partial charge in [0.2, 0.25) is 0 Å². The standard InChI is InChI=1S/C9H11NOS/c1-10-8(5-11)4-7-6-12-3-2-9(7)10/h4-5H,2-3,6H2,1H3. The highest BCUT2D eigenvalue weighted by molar-refractivity contribution is 7.98. The Balaban J connectivity index is 2.51. The third-order valence-corrected chi connectivity index (χ3v) is 3.35. The van der Waals surface area contributed by atoms with Gasteiger partial charge >= 0.3 is 0 Å². The Bertz CT molecular complexity index is 317. The Morgan fingerprint density at radius 3 is 3.17 bits per heavy atom. The maximum atomic E-state index is 10.6. The fourth-order valence-electron chi connectivity index (χ4n) is 1.65. The number of hydrogen-bond donors (Lipinski definition) is 0. The van der Waals surface area contributed by atoms with Crippen LogP contribution >= 0.6 is 11.8 Å². The lowest BCUT2D eigenvalue weighted by Gasteiger charge is -2.12. The molecule has 0 amide bonds. The molecule has 0 aliphatic carbocycles. The molecule has 0 spiro atoms. The van der Waals surface area contributed by atoms with Gasteiger partial charge in [-0.2, -0.15) is 11.8 Å². The van der Waals surface area contributed by atoms with Crippen molar-refractivity contribution in [3.8, 4) is 0 Å². The van der Waals surface area contributed by atoms with Gasteiger partial charge in [-0.3, -0.25) is 4.79 Å². The third kappa shape index (κ3) is 1.08. The number of carbonyl (C=O) groups is 1. The fraction of sp³-hybridized carbons (Fsp3) is 0.444. The molecule has 1 aromatic rings. The topological polar surface area (TPSA) is 22.0 Å². The van der Waals surface area contributed by atoms with Crippen LogP contribution in [0.15, 0.2) is 6.07 Å². The summed E-state index contributed by atoms with van der Waals surface area (Å²) in [6.45, 7) is 0. The predicted octanol–water partition coefficient (Wildman–Crippen LogP) is 1.63. The molecule has 3 heteroatoms. The molecular weight excluding hydrogens is 170 g/mol. The molecular formula is C9H11NOS. The lowest BCUT2D eigenvalue weighted by atomic mass is 10.2. The van der Waals surface area contributed by atoms with Crippen molar-refractivity contribution in [3.05, 3.63) is 23.0 Å². The second-order valence-corrected chi connectivity index (χ2v) is 4.13. The molecule has 0 N–H and O–H groups in total. The van der Waals surface area contributed by atoms with E-state index in [1.54, 1.807) is 0 Å². The maximum absolute atomic E-state index is 10.6. The first-order valence-corrected chi connectivity index (χ1v) is 5.19. The lowest BCUT2D eigenvalue weighted by Crippen LogP contribution is -2.06. The van der Waals surface area contributed by atoms with Crippen LogP contribution in [0.5, 0.6) is 0 Å². The first-order chi connectivity index (χ1) is 5.83. The van der Waals surface area contributed by atoms with Crippen molar-refractivity contribution in [2.45, 2.75) is 12.2 Å². The van der Waals surface area contributed by atoms with Gasteiger partial charge in [0.25, 0.3) is 0 Å². The molecule has 64 valence electrons. The monoisotopic (exact) mass is 181 g/mol. The summed E-state index contributed by atoms with van der Waals surface area (Å²) in [5.41, 5.74) is 3.49. The van der Waals surface area contributed by atoms with Gasteiger partial charge in [0.15, 0.2) is 6.29 Å². The maximum Gasteiger partial charge on any atom is 0.166 e. The summed E-state index contributed by atoms with van der Waals surface area (Å²) in [5.74, 6) is 2.25. The molecule has 0 saturated heterocycles. The van der Waals surface area contributed by atoms with E-state index in [0.29, 0.717) is 0 Å². The van der Waals surface area contributed by atoms with Crippen molar-refractivity contribution in [3.63, 3.8) is 0 Å². The van der Waals surface area contributed by atoms with Gasteiger partial charge in [-0.1, -0.05) is 0 Å². The third-order valence-electron chi connectivity index (χ3n) is 2.35. The number of fused-ring (bicyclic) bond motifs is 1. The Labute approximate surface area is 76.0 Å². The van der Waals surface area contributed by atoms with E-state index in [2.05, 4.69) is 0 Å². The van der Waals surface area contributed by atoms with Gasteiger partial charge in [0.1, 0.15) is 0 Å². The average Bonchev–Trinajstić information content (AvgIpc) is 2.44. The van der Waals surface area contributed by atoms with Crippen LogP contribution in [0.25, 0.3) is 0 Å². The Kier molecular flexibility index (Phi) is 1.97. The molecule has 2 heterocycles. The zero-order valence-corrected chi connectivity index (χ0v) is 7.86. The molecule has 2 rings (SSSR count). The van der Waals surface area contributed by atoms with E-state index in [4.69, 9.17) is 0 Å². The molecule has 0 fully saturated rings. The van der Waals surface area contributed by atoms with Gasteiger partial charge < -0.3 is 4.57 Å². The molecule has 0 aromatic carbocycles. The SMILES string of the molecule is Cn1c(C=O)cc2c1CCSC2. The summed E-state index contributed by atoms with van der Waals surface area (Å²) in [6, 6.07) is 2.01. The zero-order valence-electron chi connectivity index (χ0n) is 7.04. The van der Waals surface area contributed by atoms with Crippen LogP contribution < -0.4 is 0 Å². The van der Waals surface area contributed by atoms with Crippen LogP contribution in [0.1, 0.15) is 21.7 Å². The molecule has 2 nitrogen and oxygen atoms in total. The number of thioether (sulfide) groups is 1. The summed E-state index contributed by atoms with van der Waals surface area (Å²) in [6.07, 6.45) is 2.04. The largest absolute Gasteiger partial charge is 0.345 e. The second-order valence-electron chi connectivity index (χ2n) is 3.02. The molecule has 1 aromatic heterocycles. The zero-order chi connectivity index (χ0) is 8.55. The van der Waals surface area contributed by atoms with Crippen LogP contribution in [0, 0.1) is 0 Å². The number of aldehydes is 1. The molecule has 0 saturated carbocycles. The van der Waals surface area contributed by atoms with E-state index in [1.165, 1.54) is 17.0 Å². The van der Waals surface area contributed by atoms with Gasteiger partial charge in [-0.25, -0.2) is 0 Å². The lowest BCUT2D eigenvalue weighted by molar-refractivity contribution is 0.111. The van der Waals surface area contributed by atoms with E-state index in [9.17, 15) is 4.79 Å². The fourth-order valence-corrected chi connectivity index (χ4v) is 2.60. The summed E-state index contributed by atoms with van der Waals surface area (Å²) in [7, 11) is 1.97. The highest BCUT2D eigenvalue weighted by atomic mass is 32.2. The molecule has 0 bridgehead atoms. The molecule has 0 radical (unpaired) electrons. The summed E-state index contributed by atoms with van der Waals surface area (Å²) >= 11 is 1.94. The minimum Gasteiger partial charge on any atom is -0.345 e. The van der Waals surface area contributed by atoms with Crippen molar-refractivity contribution < 1.29 is 4.79 Å². The Morgan fingerprint density at radius 1 is 1.67 bits per heavy atom. The van der Waals surface area contributed by atoms with Crippen LogP contribution in [0.4, 0.5) is 0 Å². The quantitative estimate of drug-likeness (QED) is 0.614. The van der Waals surface area contributed by atoms with Gasteiger partial charge in [-0.05, 0) is 23.8 Å². The predicted molar refractivity (Wildman–Crippen MR) is 50.7 cm³/mol. The smallest absolute Gasteiger partial charge is 0.166 e. The van der Waals surface area contributed by atoms with Gasteiger partial charge in [0, 0.05) is 18.5 Å². The van der Waals surface area contributed by atoms with E-state index >= 15 is 0 Å². The van der Waals surface area contributed by atoms with Crippen molar-refractivity contribution in [2.24, 2.45) is 7.05 Å². The van der Waals surface area contributed by atoms with Crippen molar-refractivity contribution >= 4 is 18.0 Å². The average molecular weight is 181 g/mol.